The summed E-state index contributed by atoms with van der Waals surface area (Å²) in [6.07, 6.45) is 76.5. The van der Waals surface area contributed by atoms with Crippen molar-refractivity contribution in [3.8, 4) is 0 Å². The summed E-state index contributed by atoms with van der Waals surface area (Å²) in [5.74, 6) is -0.840. The van der Waals surface area contributed by atoms with E-state index in [0.717, 1.165) is 64.2 Å². The summed E-state index contributed by atoms with van der Waals surface area (Å²) >= 11 is 0. The zero-order valence-electron chi connectivity index (χ0n) is 50.1. The molecule has 0 radical (unpaired) electrons. The molecule has 0 aliphatic heterocycles. The van der Waals surface area contributed by atoms with Crippen molar-refractivity contribution in [1.29, 1.82) is 0 Å². The average molecular weight is 1040 g/mol. The van der Waals surface area contributed by atoms with Crippen molar-refractivity contribution >= 4 is 17.9 Å². The molecule has 0 aromatic carbocycles. The fourth-order valence-corrected chi connectivity index (χ4v) is 10.2. The van der Waals surface area contributed by atoms with Crippen LogP contribution in [0.5, 0.6) is 0 Å². The van der Waals surface area contributed by atoms with Crippen molar-refractivity contribution in [3.05, 3.63) is 24.3 Å². The van der Waals surface area contributed by atoms with Crippen LogP contribution in [-0.2, 0) is 28.6 Å². The molecule has 0 aliphatic rings. The zero-order valence-corrected chi connectivity index (χ0v) is 50.1. The number of unbranched alkanes of at least 4 members (excludes halogenated alkanes) is 47. The topological polar surface area (TPSA) is 78.9 Å². The second-order valence-electron chi connectivity index (χ2n) is 22.7. The van der Waals surface area contributed by atoms with Gasteiger partial charge >= 0.3 is 17.9 Å². The highest BCUT2D eigenvalue weighted by Gasteiger charge is 2.19. The first-order chi connectivity index (χ1) is 36.5. The number of carbonyl (C=O) groups excluding carboxylic acids is 3. The Morgan fingerprint density at radius 1 is 0.270 bits per heavy atom. The number of hydrogen-bond donors (Lipinski definition) is 0. The average Bonchev–Trinajstić information content (AvgIpc) is 3.40. The summed E-state index contributed by atoms with van der Waals surface area (Å²) < 4.78 is 16.9. The minimum absolute atomic E-state index is 0.0636. The predicted octanol–water partition coefficient (Wildman–Crippen LogP) is 22.6. The highest BCUT2D eigenvalue weighted by molar-refractivity contribution is 5.71. The Balaban J connectivity index is 3.98. The third-order valence-electron chi connectivity index (χ3n) is 15.2. The lowest BCUT2D eigenvalue weighted by atomic mass is 10.0. The second kappa shape index (κ2) is 63.4. The second-order valence-corrected chi connectivity index (χ2v) is 22.7. The highest BCUT2D eigenvalue weighted by Crippen LogP contribution is 2.18. The van der Waals surface area contributed by atoms with Crippen LogP contribution in [0.2, 0.25) is 0 Å². The molecule has 0 saturated heterocycles. The van der Waals surface area contributed by atoms with E-state index in [1.807, 2.05) is 0 Å². The third kappa shape index (κ3) is 60.8. The third-order valence-corrected chi connectivity index (χ3v) is 15.2. The van der Waals surface area contributed by atoms with Gasteiger partial charge in [-0.05, 0) is 51.4 Å². The lowest BCUT2D eigenvalue weighted by molar-refractivity contribution is -0.167. The summed E-state index contributed by atoms with van der Waals surface area (Å²) in [7, 11) is 0. The lowest BCUT2D eigenvalue weighted by Gasteiger charge is -2.18. The molecule has 0 aliphatic carbocycles. The van der Waals surface area contributed by atoms with E-state index in [2.05, 4.69) is 45.1 Å². The maximum Gasteiger partial charge on any atom is 0.306 e. The number of hydrogen-bond acceptors (Lipinski definition) is 6. The number of carbonyl (C=O) groups is 3. The monoisotopic (exact) mass is 1040 g/mol. The van der Waals surface area contributed by atoms with E-state index in [4.69, 9.17) is 14.2 Å². The molecule has 0 aromatic rings. The van der Waals surface area contributed by atoms with Crippen molar-refractivity contribution in [3.63, 3.8) is 0 Å². The Kier molecular flexibility index (Phi) is 61.6. The summed E-state index contributed by atoms with van der Waals surface area (Å²) in [4.78, 5) is 38.1. The summed E-state index contributed by atoms with van der Waals surface area (Å²) in [6.45, 7) is 6.67. The maximum absolute atomic E-state index is 12.8. The van der Waals surface area contributed by atoms with Gasteiger partial charge in [0.2, 0.25) is 0 Å². The number of ether oxygens (including phenoxy) is 3. The molecule has 0 saturated carbocycles. The smallest absolute Gasteiger partial charge is 0.306 e. The Hall–Kier alpha value is -2.11. The molecule has 6 nitrogen and oxygen atoms in total. The Bertz CT molecular complexity index is 1190. The molecule has 0 N–H and O–H groups in total. The molecule has 1 atom stereocenters. The van der Waals surface area contributed by atoms with E-state index in [1.54, 1.807) is 0 Å². The normalized spacial score (nSPS) is 12.1. The number of rotatable bonds is 62. The standard InChI is InChI=1S/C68H128O6/c1-4-7-10-13-16-19-21-23-25-26-27-28-29-30-31-32-33-34-35-36-37-38-39-40-41-42-43-45-46-49-52-55-58-61-67(70)73-64-65(63-72-66(69)60-57-54-51-48-18-15-12-9-6-3)74-68(71)62-59-56-53-50-47-44-24-22-20-17-14-11-8-5-2/h21,23,26-27,65H,4-20,22,24-25,28-64H2,1-3H3/b23-21-,27-26-. The number of esters is 3. The van der Waals surface area contributed by atoms with Crippen molar-refractivity contribution in [2.24, 2.45) is 0 Å². The van der Waals surface area contributed by atoms with Crippen molar-refractivity contribution in [2.45, 2.75) is 380 Å². The van der Waals surface area contributed by atoms with Gasteiger partial charge in [-0.25, -0.2) is 0 Å². The summed E-state index contributed by atoms with van der Waals surface area (Å²) in [5, 5.41) is 0. The van der Waals surface area contributed by atoms with E-state index in [9.17, 15) is 14.4 Å². The first-order valence-electron chi connectivity index (χ1n) is 33.3. The van der Waals surface area contributed by atoms with Crippen LogP contribution in [-0.4, -0.2) is 37.2 Å². The molecule has 0 fully saturated rings. The van der Waals surface area contributed by atoms with E-state index in [-0.39, 0.29) is 31.1 Å². The van der Waals surface area contributed by atoms with Crippen molar-refractivity contribution < 1.29 is 28.6 Å². The molecule has 0 spiro atoms. The van der Waals surface area contributed by atoms with E-state index in [0.29, 0.717) is 19.3 Å². The first kappa shape index (κ1) is 71.9. The summed E-state index contributed by atoms with van der Waals surface area (Å²) in [5.41, 5.74) is 0. The van der Waals surface area contributed by atoms with Gasteiger partial charge in [-0.2, -0.15) is 0 Å². The molecule has 0 bridgehead atoms. The van der Waals surface area contributed by atoms with Crippen LogP contribution >= 0.6 is 0 Å². The Morgan fingerprint density at radius 2 is 0.486 bits per heavy atom. The van der Waals surface area contributed by atoms with Gasteiger partial charge in [-0.15, -0.1) is 0 Å². The molecule has 74 heavy (non-hydrogen) atoms. The van der Waals surface area contributed by atoms with Gasteiger partial charge in [0.25, 0.3) is 0 Å². The quantitative estimate of drug-likeness (QED) is 0.0261. The van der Waals surface area contributed by atoms with E-state index in [1.165, 1.54) is 270 Å². The fourth-order valence-electron chi connectivity index (χ4n) is 10.2. The predicted molar refractivity (Wildman–Crippen MR) is 321 cm³/mol. The van der Waals surface area contributed by atoms with Crippen molar-refractivity contribution in [2.75, 3.05) is 13.2 Å². The van der Waals surface area contributed by atoms with Gasteiger partial charge in [0.15, 0.2) is 6.10 Å². The van der Waals surface area contributed by atoms with Crippen LogP contribution in [0.15, 0.2) is 24.3 Å². The molecule has 0 aromatic heterocycles. The molecule has 0 amide bonds. The Morgan fingerprint density at radius 3 is 0.743 bits per heavy atom. The maximum atomic E-state index is 12.8. The van der Waals surface area contributed by atoms with Crippen LogP contribution in [0.1, 0.15) is 374 Å². The minimum atomic E-state index is -0.763. The van der Waals surface area contributed by atoms with Gasteiger partial charge < -0.3 is 14.2 Å². The SMILES string of the molecule is CCCCCCC/C=C\C/C=C\CCCCCCCCCCCCCCCCCCCCCCCC(=O)OCC(COC(=O)CCCCCCCCCCC)OC(=O)CCCCCCCCCCCCCCCC. The van der Waals surface area contributed by atoms with Gasteiger partial charge in [-0.1, -0.05) is 328 Å². The molecule has 0 heterocycles. The molecule has 1 unspecified atom stereocenters. The highest BCUT2D eigenvalue weighted by atomic mass is 16.6. The van der Waals surface area contributed by atoms with E-state index < -0.39 is 6.10 Å². The van der Waals surface area contributed by atoms with Gasteiger partial charge in [0.05, 0.1) is 0 Å². The summed E-state index contributed by atoms with van der Waals surface area (Å²) in [6, 6.07) is 0. The Labute approximate surface area is 462 Å². The van der Waals surface area contributed by atoms with Crippen LogP contribution < -0.4 is 0 Å². The fraction of sp³-hybridized carbons (Fsp3) is 0.897. The number of allylic oxidation sites excluding steroid dienone is 4. The molecular formula is C68H128O6. The van der Waals surface area contributed by atoms with Crippen LogP contribution in [0.3, 0.4) is 0 Å². The van der Waals surface area contributed by atoms with Crippen molar-refractivity contribution in [1.82, 2.24) is 0 Å². The van der Waals surface area contributed by atoms with Gasteiger partial charge in [-0.3, -0.25) is 14.4 Å². The van der Waals surface area contributed by atoms with Crippen LogP contribution in [0, 0.1) is 0 Å². The lowest BCUT2D eigenvalue weighted by Crippen LogP contribution is -2.30. The van der Waals surface area contributed by atoms with Crippen LogP contribution in [0.4, 0.5) is 0 Å². The zero-order chi connectivity index (χ0) is 53.6. The van der Waals surface area contributed by atoms with Gasteiger partial charge in [0.1, 0.15) is 13.2 Å². The minimum Gasteiger partial charge on any atom is -0.462 e. The van der Waals surface area contributed by atoms with Gasteiger partial charge in [0, 0.05) is 19.3 Å². The molecular weight excluding hydrogens is 913 g/mol. The molecule has 6 heteroatoms. The van der Waals surface area contributed by atoms with E-state index >= 15 is 0 Å². The first-order valence-corrected chi connectivity index (χ1v) is 33.3. The van der Waals surface area contributed by atoms with Crippen LogP contribution in [0.25, 0.3) is 0 Å². The molecule has 436 valence electrons. The largest absolute Gasteiger partial charge is 0.462 e. The molecule has 0 rings (SSSR count).